The van der Waals surface area contributed by atoms with Gasteiger partial charge in [0.1, 0.15) is 5.75 Å². The highest BCUT2D eigenvalue weighted by atomic mass is 35.5. The average Bonchev–Trinajstić information content (AvgIpc) is 2.82. The molecule has 0 spiro atoms. The van der Waals surface area contributed by atoms with Gasteiger partial charge in [0.05, 0.1) is 11.1 Å². The molecule has 4 rings (SSSR count). The first kappa shape index (κ1) is 22.9. The molecule has 0 radical (unpaired) electrons. The lowest BCUT2D eigenvalue weighted by Gasteiger charge is -2.45. The molecule has 170 valence electrons. The first-order valence-electron chi connectivity index (χ1n) is 12.1. The van der Waals surface area contributed by atoms with Crippen LogP contribution in [0.25, 0.3) is 10.8 Å². The normalized spacial score (nSPS) is 22.0. The molecule has 1 heterocycles. The number of aromatic amines is 1. The fourth-order valence-electron chi connectivity index (χ4n) is 5.72. The highest BCUT2D eigenvalue weighted by Crippen LogP contribution is 2.49. The van der Waals surface area contributed by atoms with Gasteiger partial charge in [-0.05, 0) is 79.0 Å². The number of hydrogen-bond acceptors (Lipinski definition) is 2. The fraction of sp³-hybridized carbons (Fsp3) is 0.464. The van der Waals surface area contributed by atoms with E-state index in [0.717, 1.165) is 30.6 Å². The zero-order valence-electron chi connectivity index (χ0n) is 19.2. The lowest BCUT2D eigenvalue weighted by atomic mass is 9.61. The molecule has 1 N–H and O–H groups in total. The average molecular weight is 452 g/mol. The molecule has 1 aliphatic carbocycles. The van der Waals surface area contributed by atoms with Crippen LogP contribution in [0, 0.1) is 11.3 Å². The van der Waals surface area contributed by atoms with Gasteiger partial charge in [0.15, 0.2) is 0 Å². The predicted octanol–water partition coefficient (Wildman–Crippen LogP) is 7.56. The maximum Gasteiger partial charge on any atom is 0.255 e. The maximum atomic E-state index is 12.0. The Bertz CT molecular complexity index is 1080. The second-order valence-corrected chi connectivity index (χ2v) is 9.75. The van der Waals surface area contributed by atoms with Crippen LogP contribution < -0.4 is 10.3 Å². The summed E-state index contributed by atoms with van der Waals surface area (Å²) in [5.41, 5.74) is 1.73. The highest BCUT2D eigenvalue weighted by molar-refractivity contribution is 6.32. The second-order valence-electron chi connectivity index (χ2n) is 9.34. The van der Waals surface area contributed by atoms with Crippen LogP contribution in [-0.4, -0.2) is 11.1 Å². The van der Waals surface area contributed by atoms with Gasteiger partial charge in [-0.3, -0.25) is 4.79 Å². The van der Waals surface area contributed by atoms with Crippen LogP contribution in [0.2, 0.25) is 5.02 Å². The summed E-state index contributed by atoms with van der Waals surface area (Å²) in [5, 5.41) is 1.97. The molecule has 0 bridgehead atoms. The number of fused-ring (bicyclic) bond motifs is 1. The molecule has 3 nitrogen and oxygen atoms in total. The van der Waals surface area contributed by atoms with Crippen LogP contribution >= 0.6 is 11.6 Å². The van der Waals surface area contributed by atoms with Crippen molar-refractivity contribution in [3.63, 3.8) is 0 Å². The van der Waals surface area contributed by atoms with Crippen LogP contribution in [0.15, 0.2) is 59.5 Å². The summed E-state index contributed by atoms with van der Waals surface area (Å²) < 4.78 is 6.37. The largest absolute Gasteiger partial charge is 0.489 e. The molecule has 1 atom stereocenters. The summed E-state index contributed by atoms with van der Waals surface area (Å²) in [7, 11) is 0. The molecular formula is C28H34ClNO2. The first-order valence-corrected chi connectivity index (χ1v) is 12.4. The Balaban J connectivity index is 1.42. The number of benzene rings is 2. The zero-order valence-corrected chi connectivity index (χ0v) is 20.0. The minimum Gasteiger partial charge on any atom is -0.489 e. The number of halogens is 1. The Labute approximate surface area is 196 Å². The monoisotopic (exact) mass is 451 g/mol. The summed E-state index contributed by atoms with van der Waals surface area (Å²) in [4.78, 5) is 14.7. The third kappa shape index (κ3) is 4.88. The number of H-pyrrole nitrogens is 1. The van der Waals surface area contributed by atoms with E-state index in [-0.39, 0.29) is 11.7 Å². The molecule has 4 heteroatoms. The van der Waals surface area contributed by atoms with E-state index < -0.39 is 0 Å². The number of aromatic nitrogens is 1. The lowest BCUT2D eigenvalue weighted by molar-refractivity contribution is 0.0268. The minimum absolute atomic E-state index is 0.123. The van der Waals surface area contributed by atoms with E-state index >= 15 is 0 Å². The van der Waals surface area contributed by atoms with Crippen molar-refractivity contribution in [3.8, 4) is 5.75 Å². The predicted molar refractivity (Wildman–Crippen MR) is 134 cm³/mol. The van der Waals surface area contributed by atoms with Gasteiger partial charge in [-0.15, -0.1) is 0 Å². The molecule has 1 fully saturated rings. The summed E-state index contributed by atoms with van der Waals surface area (Å²) in [6, 6.07) is 16.4. The molecule has 0 aliphatic heterocycles. The Hall–Kier alpha value is -2.26. The molecule has 32 heavy (non-hydrogen) atoms. The molecule has 2 aromatic carbocycles. The van der Waals surface area contributed by atoms with E-state index in [1.54, 1.807) is 12.3 Å². The summed E-state index contributed by atoms with van der Waals surface area (Å²) >= 11 is 6.47. The van der Waals surface area contributed by atoms with Crippen molar-refractivity contribution in [1.29, 1.82) is 0 Å². The van der Waals surface area contributed by atoms with E-state index in [9.17, 15) is 4.79 Å². The van der Waals surface area contributed by atoms with Crippen molar-refractivity contribution in [2.24, 2.45) is 11.3 Å². The molecule has 1 aromatic heterocycles. The van der Waals surface area contributed by atoms with Gasteiger partial charge < -0.3 is 9.72 Å². The highest BCUT2D eigenvalue weighted by Gasteiger charge is 2.40. The number of aryl methyl sites for hydroxylation is 1. The van der Waals surface area contributed by atoms with Gasteiger partial charge >= 0.3 is 0 Å². The van der Waals surface area contributed by atoms with Crippen molar-refractivity contribution in [1.82, 2.24) is 4.98 Å². The number of ether oxygens (including phenoxy) is 1. The Morgan fingerprint density at radius 2 is 1.88 bits per heavy atom. The third-order valence-electron chi connectivity index (χ3n) is 7.74. The molecule has 1 saturated carbocycles. The molecule has 0 amide bonds. The lowest BCUT2D eigenvalue weighted by Crippen LogP contribution is -2.37. The molecular weight excluding hydrogens is 418 g/mol. The van der Waals surface area contributed by atoms with E-state index in [2.05, 4.69) is 49.2 Å². The van der Waals surface area contributed by atoms with Crippen molar-refractivity contribution in [3.05, 3.63) is 75.7 Å². The summed E-state index contributed by atoms with van der Waals surface area (Å²) in [6.07, 6.45) is 11.2. The smallest absolute Gasteiger partial charge is 0.255 e. The summed E-state index contributed by atoms with van der Waals surface area (Å²) in [6.45, 7) is 4.72. The standard InChI is InChI=1S/C28H34ClNO2/c1-3-22(11-10-20-8-6-5-7-9-20)28(4-2)15-12-23(13-16-28)32-26-18-21-14-17-30-27(31)24(21)19-25(26)29/h5-9,14,17-19,22-23H,3-4,10-13,15-16H2,1-2H3,(H,30,31). The van der Waals surface area contributed by atoms with Crippen LogP contribution in [0.1, 0.15) is 64.4 Å². The second kappa shape index (κ2) is 10.1. The third-order valence-corrected chi connectivity index (χ3v) is 8.03. The fourth-order valence-corrected chi connectivity index (χ4v) is 5.93. The first-order chi connectivity index (χ1) is 15.5. The van der Waals surface area contributed by atoms with Crippen molar-refractivity contribution >= 4 is 22.4 Å². The molecule has 3 aromatic rings. The Morgan fingerprint density at radius 3 is 2.56 bits per heavy atom. The number of pyridine rings is 1. The number of nitrogens with one attached hydrogen (secondary N) is 1. The quantitative estimate of drug-likeness (QED) is 0.384. The SMILES string of the molecule is CCC(CCc1ccccc1)C1(CC)CCC(Oc2cc3cc[nH]c(=O)c3cc2Cl)CC1. The topological polar surface area (TPSA) is 42.1 Å². The van der Waals surface area contributed by atoms with Gasteiger partial charge in [-0.1, -0.05) is 68.6 Å². The van der Waals surface area contributed by atoms with E-state index in [1.807, 2.05) is 12.1 Å². The zero-order chi connectivity index (χ0) is 22.6. The van der Waals surface area contributed by atoms with Crippen LogP contribution in [0.5, 0.6) is 5.75 Å². The van der Waals surface area contributed by atoms with E-state index in [1.165, 1.54) is 37.7 Å². The van der Waals surface area contributed by atoms with Crippen molar-refractivity contribution in [2.75, 3.05) is 0 Å². The van der Waals surface area contributed by atoms with Crippen molar-refractivity contribution < 1.29 is 4.74 Å². The van der Waals surface area contributed by atoms with Gasteiger partial charge in [-0.2, -0.15) is 0 Å². The van der Waals surface area contributed by atoms with E-state index in [0.29, 0.717) is 21.6 Å². The minimum atomic E-state index is -0.123. The summed E-state index contributed by atoms with van der Waals surface area (Å²) in [5.74, 6) is 1.43. The Morgan fingerprint density at radius 1 is 1.12 bits per heavy atom. The van der Waals surface area contributed by atoms with Crippen LogP contribution in [0.3, 0.4) is 0 Å². The maximum absolute atomic E-state index is 12.0. The van der Waals surface area contributed by atoms with Crippen molar-refractivity contribution in [2.45, 2.75) is 71.3 Å². The molecule has 0 saturated heterocycles. The van der Waals surface area contributed by atoms with Gasteiger partial charge in [-0.25, -0.2) is 0 Å². The van der Waals surface area contributed by atoms with Gasteiger partial charge in [0.2, 0.25) is 0 Å². The van der Waals surface area contributed by atoms with Gasteiger partial charge in [0.25, 0.3) is 5.56 Å². The van der Waals surface area contributed by atoms with Crippen LogP contribution in [-0.2, 0) is 6.42 Å². The molecule has 1 unspecified atom stereocenters. The number of hydrogen-bond donors (Lipinski definition) is 1. The number of rotatable bonds is 8. The Kier molecular flexibility index (Phi) is 7.25. The van der Waals surface area contributed by atoms with E-state index in [4.69, 9.17) is 16.3 Å². The van der Waals surface area contributed by atoms with Gasteiger partial charge in [0, 0.05) is 11.6 Å². The van der Waals surface area contributed by atoms with Crippen LogP contribution in [0.4, 0.5) is 0 Å². The molecule has 1 aliphatic rings.